The molecule has 6 nitrogen and oxygen atoms in total. The first-order valence-corrected chi connectivity index (χ1v) is 7.32. The Morgan fingerprint density at radius 3 is 2.62 bits per heavy atom. The van der Waals surface area contributed by atoms with Gasteiger partial charge in [0.1, 0.15) is 5.69 Å². The molecule has 0 aromatic carbocycles. The molecule has 1 amide bonds. The van der Waals surface area contributed by atoms with Crippen LogP contribution in [-0.4, -0.2) is 33.4 Å². The van der Waals surface area contributed by atoms with Crippen LogP contribution < -0.4 is 11.2 Å². The number of H-pyrrole nitrogens is 2. The van der Waals surface area contributed by atoms with E-state index in [9.17, 15) is 14.4 Å². The number of amides is 1. The molecule has 2 aliphatic rings. The van der Waals surface area contributed by atoms with Gasteiger partial charge in [-0.15, -0.1) is 0 Å². The van der Waals surface area contributed by atoms with Gasteiger partial charge in [0, 0.05) is 18.7 Å². The van der Waals surface area contributed by atoms with Crippen molar-refractivity contribution < 1.29 is 4.79 Å². The van der Waals surface area contributed by atoms with Gasteiger partial charge in [-0.05, 0) is 30.1 Å². The Labute approximate surface area is 122 Å². The van der Waals surface area contributed by atoms with Crippen molar-refractivity contribution in [3.05, 3.63) is 32.6 Å². The summed E-state index contributed by atoms with van der Waals surface area (Å²) in [4.78, 5) is 41.7. The quantitative estimate of drug-likeness (QED) is 0.812. The minimum Gasteiger partial charge on any atom is -0.334 e. The highest BCUT2D eigenvalue weighted by atomic mass is 16.2. The molecule has 0 spiro atoms. The first-order valence-electron chi connectivity index (χ1n) is 7.32. The van der Waals surface area contributed by atoms with Gasteiger partial charge in [0.25, 0.3) is 11.5 Å². The van der Waals surface area contributed by atoms with E-state index in [-0.39, 0.29) is 28.5 Å². The molecule has 114 valence electrons. The normalized spacial score (nSPS) is 30.4. The number of fused-ring (bicyclic) bond motifs is 2. The van der Waals surface area contributed by atoms with Crippen LogP contribution in [0.15, 0.2) is 15.7 Å². The number of aromatic nitrogens is 2. The zero-order valence-electron chi connectivity index (χ0n) is 12.7. The van der Waals surface area contributed by atoms with E-state index >= 15 is 0 Å². The highest BCUT2D eigenvalue weighted by molar-refractivity contribution is 5.92. The average molecular weight is 291 g/mol. The molecule has 0 unspecified atom stereocenters. The molecule has 1 aromatic rings. The van der Waals surface area contributed by atoms with Gasteiger partial charge < -0.3 is 9.88 Å². The number of aromatic amines is 2. The molecule has 3 rings (SSSR count). The van der Waals surface area contributed by atoms with E-state index in [0.29, 0.717) is 6.54 Å². The van der Waals surface area contributed by atoms with Crippen molar-refractivity contribution in [2.24, 2.45) is 10.8 Å². The Kier molecular flexibility index (Phi) is 2.90. The summed E-state index contributed by atoms with van der Waals surface area (Å²) < 4.78 is 0. The monoisotopic (exact) mass is 291 g/mol. The number of likely N-dealkylation sites (tertiary alicyclic amines) is 1. The number of nitrogens with zero attached hydrogens (tertiary/aromatic N) is 1. The third kappa shape index (κ3) is 2.54. The van der Waals surface area contributed by atoms with Gasteiger partial charge in [-0.25, -0.2) is 4.79 Å². The van der Waals surface area contributed by atoms with Gasteiger partial charge in [0.15, 0.2) is 0 Å². The molecular formula is C15H21N3O3. The molecule has 1 saturated heterocycles. The molecule has 1 aromatic heterocycles. The molecular weight excluding hydrogens is 270 g/mol. The summed E-state index contributed by atoms with van der Waals surface area (Å²) in [7, 11) is 0. The van der Waals surface area contributed by atoms with E-state index < -0.39 is 11.2 Å². The highest BCUT2D eigenvalue weighted by Gasteiger charge is 2.51. The number of carbonyl (C=O) groups excluding carboxylic acids is 1. The predicted octanol–water partition coefficient (Wildman–Crippen LogP) is 1.10. The maximum atomic E-state index is 12.7. The summed E-state index contributed by atoms with van der Waals surface area (Å²) >= 11 is 0. The number of nitrogens with one attached hydrogen (secondary N) is 2. The molecule has 21 heavy (non-hydrogen) atoms. The number of hydrogen-bond donors (Lipinski definition) is 2. The number of carbonyl (C=O) groups is 1. The zero-order valence-corrected chi connectivity index (χ0v) is 12.7. The molecule has 6 heteroatoms. The maximum absolute atomic E-state index is 12.7. The summed E-state index contributed by atoms with van der Waals surface area (Å²) in [5.74, 6) is -0.246. The van der Waals surface area contributed by atoms with Gasteiger partial charge in [0.05, 0.1) is 0 Å². The Balaban J connectivity index is 1.93. The molecule has 2 N–H and O–H groups in total. The van der Waals surface area contributed by atoms with Crippen LogP contribution in [0.5, 0.6) is 0 Å². The van der Waals surface area contributed by atoms with Crippen molar-refractivity contribution in [2.75, 3.05) is 6.54 Å². The summed E-state index contributed by atoms with van der Waals surface area (Å²) in [5.41, 5.74) is -0.759. The largest absolute Gasteiger partial charge is 0.334 e. The lowest BCUT2D eigenvalue weighted by atomic mass is 9.65. The minimum atomic E-state index is -0.639. The van der Waals surface area contributed by atoms with Gasteiger partial charge >= 0.3 is 5.69 Å². The summed E-state index contributed by atoms with van der Waals surface area (Å²) in [6, 6.07) is 1.36. The van der Waals surface area contributed by atoms with Gasteiger partial charge in [-0.2, -0.15) is 0 Å². The van der Waals surface area contributed by atoms with Gasteiger partial charge in [-0.3, -0.25) is 14.6 Å². The van der Waals surface area contributed by atoms with Crippen LogP contribution in [0.2, 0.25) is 0 Å². The fraction of sp³-hybridized carbons (Fsp3) is 0.667. The SMILES string of the molecule is CC1(C)C[C@H]2C[C@@](C)(CN2C(=O)c2cc(=O)[nH]c(=O)[nH]2)C1. The Morgan fingerprint density at radius 2 is 1.95 bits per heavy atom. The molecule has 2 fully saturated rings. The smallest absolute Gasteiger partial charge is 0.326 e. The molecule has 2 heterocycles. The van der Waals surface area contributed by atoms with Crippen LogP contribution in [0, 0.1) is 10.8 Å². The van der Waals surface area contributed by atoms with Crippen LogP contribution >= 0.6 is 0 Å². The Hall–Kier alpha value is -1.85. The van der Waals surface area contributed by atoms with E-state index in [1.54, 1.807) is 0 Å². The summed E-state index contributed by atoms with van der Waals surface area (Å²) in [6.45, 7) is 7.38. The topological polar surface area (TPSA) is 86.0 Å². The lowest BCUT2D eigenvalue weighted by Gasteiger charge is -2.39. The average Bonchev–Trinajstić information content (AvgIpc) is 2.56. The van der Waals surface area contributed by atoms with E-state index in [0.717, 1.165) is 19.3 Å². The third-order valence-electron chi connectivity index (χ3n) is 4.67. The molecule has 1 saturated carbocycles. The molecule has 2 bridgehead atoms. The fourth-order valence-electron chi connectivity index (χ4n) is 4.44. The van der Waals surface area contributed by atoms with Crippen molar-refractivity contribution in [3.63, 3.8) is 0 Å². The lowest BCUT2D eigenvalue weighted by Crippen LogP contribution is -2.39. The van der Waals surface area contributed by atoms with E-state index in [1.807, 2.05) is 4.90 Å². The minimum absolute atomic E-state index is 0.0812. The second-order valence-electron chi connectivity index (χ2n) is 7.65. The van der Waals surface area contributed by atoms with Crippen LogP contribution in [0.3, 0.4) is 0 Å². The third-order valence-corrected chi connectivity index (χ3v) is 4.67. The second-order valence-corrected chi connectivity index (χ2v) is 7.65. The van der Waals surface area contributed by atoms with E-state index in [1.165, 1.54) is 6.07 Å². The van der Waals surface area contributed by atoms with Crippen molar-refractivity contribution in [2.45, 2.75) is 46.1 Å². The van der Waals surface area contributed by atoms with E-state index in [4.69, 9.17) is 0 Å². The standard InChI is InChI=1S/C15H21N3O3/c1-14(2)5-9-6-15(3,7-14)8-18(9)12(20)10-4-11(19)17-13(21)16-10/h4,9H,5-8H2,1-3H3,(H2,16,17,19,21)/t9-,15+/m0/s1. The van der Waals surface area contributed by atoms with Crippen LogP contribution in [0.25, 0.3) is 0 Å². The molecule has 1 aliphatic heterocycles. The Bertz CT molecular complexity index is 674. The van der Waals surface area contributed by atoms with Crippen molar-refractivity contribution in [3.8, 4) is 0 Å². The van der Waals surface area contributed by atoms with Gasteiger partial charge in [-0.1, -0.05) is 20.8 Å². The lowest BCUT2D eigenvalue weighted by molar-refractivity contribution is 0.0701. The van der Waals surface area contributed by atoms with Crippen molar-refractivity contribution in [1.29, 1.82) is 0 Å². The van der Waals surface area contributed by atoms with Gasteiger partial charge in [0.2, 0.25) is 0 Å². The zero-order chi connectivity index (χ0) is 15.4. The van der Waals surface area contributed by atoms with Crippen molar-refractivity contribution >= 4 is 5.91 Å². The van der Waals surface area contributed by atoms with Crippen LogP contribution in [0.4, 0.5) is 0 Å². The summed E-state index contributed by atoms with van der Waals surface area (Å²) in [6.07, 6.45) is 3.05. The van der Waals surface area contributed by atoms with E-state index in [2.05, 4.69) is 30.7 Å². The molecule has 0 radical (unpaired) electrons. The first-order chi connectivity index (χ1) is 9.67. The molecule has 2 atom stereocenters. The number of rotatable bonds is 1. The second kappa shape index (κ2) is 4.32. The fourth-order valence-corrected chi connectivity index (χ4v) is 4.44. The maximum Gasteiger partial charge on any atom is 0.326 e. The van der Waals surface area contributed by atoms with Crippen LogP contribution in [0.1, 0.15) is 50.5 Å². The van der Waals surface area contributed by atoms with Crippen molar-refractivity contribution in [1.82, 2.24) is 14.9 Å². The number of hydrogen-bond acceptors (Lipinski definition) is 3. The Morgan fingerprint density at radius 1 is 1.24 bits per heavy atom. The summed E-state index contributed by atoms with van der Waals surface area (Å²) in [5, 5.41) is 0. The van der Waals surface area contributed by atoms with Crippen LogP contribution in [-0.2, 0) is 0 Å². The first kappa shape index (κ1) is 14.1. The highest BCUT2D eigenvalue weighted by Crippen LogP contribution is 2.52. The predicted molar refractivity (Wildman–Crippen MR) is 78.2 cm³/mol. The molecule has 1 aliphatic carbocycles.